The van der Waals surface area contributed by atoms with E-state index < -0.39 is 48.6 Å². The number of oxime groups is 1. The van der Waals surface area contributed by atoms with Gasteiger partial charge in [-0.05, 0) is 47.0 Å². The fourth-order valence-corrected chi connectivity index (χ4v) is 5.58. The molecule has 1 aliphatic rings. The van der Waals surface area contributed by atoms with Crippen molar-refractivity contribution in [2.45, 2.75) is 44.6 Å². The molecular weight excluding hydrogens is 614 g/mol. The summed E-state index contributed by atoms with van der Waals surface area (Å²) >= 11 is 0. The third-order valence-electron chi connectivity index (χ3n) is 8.07. The molecule has 0 spiro atoms. The Labute approximate surface area is 278 Å². The number of hydrogen-bond acceptors (Lipinski definition) is 8. The summed E-state index contributed by atoms with van der Waals surface area (Å²) < 4.78 is 11.8. The van der Waals surface area contributed by atoms with Gasteiger partial charge in [-0.25, -0.2) is 0 Å². The Morgan fingerprint density at radius 2 is 1.52 bits per heavy atom. The molecule has 11 nitrogen and oxygen atoms in total. The molecule has 4 aromatic carbocycles. The van der Waals surface area contributed by atoms with Crippen molar-refractivity contribution < 1.29 is 38.6 Å². The molecule has 1 aliphatic heterocycles. The van der Waals surface area contributed by atoms with Gasteiger partial charge in [-0.3, -0.25) is 19.2 Å². The molecule has 48 heavy (non-hydrogen) atoms. The summed E-state index contributed by atoms with van der Waals surface area (Å²) in [5.41, 5.74) is 0.818. The van der Waals surface area contributed by atoms with Crippen molar-refractivity contribution in [3.63, 3.8) is 0 Å². The van der Waals surface area contributed by atoms with Crippen molar-refractivity contribution >= 4 is 40.1 Å². The van der Waals surface area contributed by atoms with Crippen LogP contribution in [0.3, 0.4) is 0 Å². The Balaban J connectivity index is 1.41. The van der Waals surface area contributed by atoms with Crippen LogP contribution in [0.25, 0.3) is 10.8 Å². The minimum absolute atomic E-state index is 0.178. The molecule has 1 unspecified atom stereocenters. The molecule has 1 heterocycles. The zero-order valence-corrected chi connectivity index (χ0v) is 26.9. The zero-order valence-electron chi connectivity index (χ0n) is 26.9. The van der Waals surface area contributed by atoms with Crippen LogP contribution in [-0.4, -0.2) is 70.8 Å². The van der Waals surface area contributed by atoms with Gasteiger partial charge in [0.15, 0.2) is 5.78 Å². The van der Waals surface area contributed by atoms with Gasteiger partial charge in [0.25, 0.3) is 5.91 Å². The van der Waals surface area contributed by atoms with Gasteiger partial charge in [0.05, 0.1) is 24.6 Å². The second-order valence-electron chi connectivity index (χ2n) is 11.8. The predicted octanol–water partition coefficient (Wildman–Crippen LogP) is 5.10. The zero-order chi connectivity index (χ0) is 34.3. The normalized spacial score (nSPS) is 16.7. The number of carboxylic acid groups (broad SMARTS) is 1. The first-order chi connectivity index (χ1) is 23.1. The van der Waals surface area contributed by atoms with Gasteiger partial charge >= 0.3 is 17.7 Å². The summed E-state index contributed by atoms with van der Waals surface area (Å²) in [6, 6.07) is 28.0. The van der Waals surface area contributed by atoms with E-state index in [2.05, 4.69) is 10.5 Å². The lowest BCUT2D eigenvalue weighted by molar-refractivity contribution is -0.197. The third kappa shape index (κ3) is 7.63. The van der Waals surface area contributed by atoms with Crippen molar-refractivity contribution in [2.24, 2.45) is 11.1 Å². The highest BCUT2D eigenvalue weighted by molar-refractivity contribution is 6.09. The van der Waals surface area contributed by atoms with Crippen LogP contribution >= 0.6 is 0 Å². The Bertz CT molecular complexity index is 1810. The third-order valence-corrected chi connectivity index (χ3v) is 8.07. The number of ether oxygens (including phenoxy) is 2. The van der Waals surface area contributed by atoms with Crippen molar-refractivity contribution in [1.82, 2.24) is 10.2 Å². The number of likely N-dealkylation sites (N-methyl/N-ethyl adjacent to an activating group) is 1. The predicted molar refractivity (Wildman–Crippen MR) is 179 cm³/mol. The highest BCUT2D eigenvalue weighted by Gasteiger charge is 2.54. The van der Waals surface area contributed by atoms with E-state index in [0.29, 0.717) is 17.0 Å². The Morgan fingerprint density at radius 3 is 2.19 bits per heavy atom. The number of nitrogens with one attached hydrogen (secondary N) is 1. The van der Waals surface area contributed by atoms with Crippen molar-refractivity contribution in [2.75, 3.05) is 13.7 Å². The lowest BCUT2D eigenvalue weighted by Gasteiger charge is -2.34. The highest BCUT2D eigenvalue weighted by Crippen LogP contribution is 2.33. The summed E-state index contributed by atoms with van der Waals surface area (Å²) in [6.45, 7) is 3.33. The minimum atomic E-state index is -2.10. The van der Waals surface area contributed by atoms with Gasteiger partial charge in [0.2, 0.25) is 0 Å². The fraction of sp³-hybridized carbons (Fsp3) is 0.270. The summed E-state index contributed by atoms with van der Waals surface area (Å²) in [5.74, 6) is -4.65. The van der Waals surface area contributed by atoms with Crippen LogP contribution in [0.1, 0.15) is 37.0 Å². The molecule has 0 saturated heterocycles. The molecular formula is C37H37N3O8. The monoisotopic (exact) mass is 651 g/mol. The molecule has 2 amide bonds. The maximum atomic E-state index is 14.3. The van der Waals surface area contributed by atoms with Crippen LogP contribution in [0.2, 0.25) is 0 Å². The SMILES string of the molecule is CC(C)[C@H](NC(=O)c1cccc2ccccc12)C1=NOC(Oc2ccccc2)(C(=O)N(C)[C@@H](CC(=O)O)C(=O)COc2ccccc2)C1. The van der Waals surface area contributed by atoms with Crippen LogP contribution < -0.4 is 14.8 Å². The number of hydrogen-bond donors (Lipinski definition) is 2. The van der Waals surface area contributed by atoms with E-state index in [9.17, 15) is 24.3 Å². The molecule has 0 aliphatic carbocycles. The number of fused-ring (bicyclic) bond motifs is 1. The van der Waals surface area contributed by atoms with Crippen molar-refractivity contribution in [1.29, 1.82) is 0 Å². The maximum absolute atomic E-state index is 14.3. The molecule has 4 aromatic rings. The van der Waals surface area contributed by atoms with E-state index in [-0.39, 0.29) is 24.0 Å². The number of para-hydroxylation sites is 2. The number of rotatable bonds is 14. The smallest absolute Gasteiger partial charge is 0.360 e. The molecule has 5 rings (SSSR count). The second kappa shape index (κ2) is 14.8. The number of carbonyl (C=O) groups is 4. The van der Waals surface area contributed by atoms with E-state index in [1.807, 2.05) is 50.2 Å². The van der Waals surface area contributed by atoms with E-state index in [1.54, 1.807) is 66.7 Å². The largest absolute Gasteiger partial charge is 0.486 e. The van der Waals surface area contributed by atoms with Gasteiger partial charge in [0, 0.05) is 12.6 Å². The number of amides is 2. The average molecular weight is 652 g/mol. The molecule has 0 saturated carbocycles. The highest BCUT2D eigenvalue weighted by atomic mass is 16.8. The molecule has 2 N–H and O–H groups in total. The van der Waals surface area contributed by atoms with Crippen molar-refractivity contribution in [3.8, 4) is 11.5 Å². The van der Waals surface area contributed by atoms with E-state index in [4.69, 9.17) is 14.3 Å². The first kappa shape index (κ1) is 33.6. The molecule has 11 heteroatoms. The van der Waals surface area contributed by atoms with Crippen LogP contribution in [0.5, 0.6) is 11.5 Å². The Hall–Kier alpha value is -5.71. The average Bonchev–Trinajstić information content (AvgIpc) is 3.52. The molecule has 248 valence electrons. The van der Waals surface area contributed by atoms with E-state index in [0.717, 1.165) is 15.7 Å². The van der Waals surface area contributed by atoms with Gasteiger partial charge in [-0.2, -0.15) is 0 Å². The fourth-order valence-electron chi connectivity index (χ4n) is 5.58. The quantitative estimate of drug-likeness (QED) is 0.192. The summed E-state index contributed by atoms with van der Waals surface area (Å²) in [7, 11) is 1.32. The second-order valence-corrected chi connectivity index (χ2v) is 11.8. The first-order valence-corrected chi connectivity index (χ1v) is 15.5. The number of Topliss-reactive ketones (excluding diaryl/α,β-unsaturated/α-hetero) is 1. The summed E-state index contributed by atoms with van der Waals surface area (Å²) in [5, 5.41) is 18.7. The van der Waals surface area contributed by atoms with E-state index >= 15 is 0 Å². The number of benzene rings is 4. The topological polar surface area (TPSA) is 144 Å². The van der Waals surface area contributed by atoms with Gasteiger partial charge in [-0.15, -0.1) is 0 Å². The molecule has 0 fully saturated rings. The van der Waals surface area contributed by atoms with Crippen LogP contribution in [0.15, 0.2) is 108 Å². The number of ketones is 1. The number of carbonyl (C=O) groups excluding carboxylic acids is 3. The standard InChI is InChI=1S/C37H37N3O8/c1-24(2)34(38-35(44)29-20-12-14-25-13-10-11-19-28(25)29)30-22-37(48-39-30,47-27-17-8-5-9-18-27)36(45)40(3)31(21-33(42)43)32(41)23-46-26-15-6-4-7-16-26/h4-20,24,31,34H,21-23H2,1-3H3,(H,38,44)(H,42,43)/t31-,34-,37?/m0/s1. The summed E-state index contributed by atoms with van der Waals surface area (Å²) in [4.78, 5) is 60.0. The number of nitrogens with zero attached hydrogens (tertiary/aromatic N) is 2. The first-order valence-electron chi connectivity index (χ1n) is 15.5. The van der Waals surface area contributed by atoms with Gasteiger partial charge in [0.1, 0.15) is 24.1 Å². The van der Waals surface area contributed by atoms with Crippen LogP contribution in [0.4, 0.5) is 0 Å². The minimum Gasteiger partial charge on any atom is -0.486 e. The van der Waals surface area contributed by atoms with Gasteiger partial charge in [-0.1, -0.05) is 91.8 Å². The Morgan fingerprint density at radius 1 is 0.896 bits per heavy atom. The van der Waals surface area contributed by atoms with Crippen LogP contribution in [0, 0.1) is 5.92 Å². The lowest BCUT2D eigenvalue weighted by Crippen LogP contribution is -2.57. The Kier molecular flexibility index (Phi) is 10.4. The lowest BCUT2D eigenvalue weighted by atomic mass is 9.93. The molecule has 3 atom stereocenters. The van der Waals surface area contributed by atoms with E-state index in [1.165, 1.54) is 7.05 Å². The number of aliphatic carboxylic acids is 1. The molecule has 0 radical (unpaired) electrons. The van der Waals surface area contributed by atoms with Crippen molar-refractivity contribution in [3.05, 3.63) is 109 Å². The molecule has 0 bridgehead atoms. The summed E-state index contributed by atoms with van der Waals surface area (Å²) in [6.07, 6.45) is -0.887. The molecule has 0 aromatic heterocycles. The maximum Gasteiger partial charge on any atom is 0.360 e. The van der Waals surface area contributed by atoms with Gasteiger partial charge < -0.3 is 29.6 Å². The van der Waals surface area contributed by atoms with Crippen LogP contribution in [-0.2, 0) is 19.2 Å². The number of carboxylic acids is 1.